The van der Waals surface area contributed by atoms with E-state index in [0.717, 1.165) is 22.4 Å². The van der Waals surface area contributed by atoms with E-state index in [4.69, 9.17) is 12.2 Å². The van der Waals surface area contributed by atoms with E-state index in [1.165, 1.54) is 28.1 Å². The van der Waals surface area contributed by atoms with E-state index in [2.05, 4.69) is 97.9 Å². The molecule has 4 aromatic rings. The summed E-state index contributed by atoms with van der Waals surface area (Å²) in [7, 11) is 0. The molecule has 0 bridgehead atoms. The maximum Gasteiger partial charge on any atom is 0.174 e. The molecule has 1 aliphatic rings. The number of nitrogens with one attached hydrogen (secondary N) is 1. The highest BCUT2D eigenvalue weighted by Gasteiger charge is 2.42. The van der Waals surface area contributed by atoms with Gasteiger partial charge in [-0.1, -0.05) is 28.1 Å². The SMILES string of the molecule is Cc1cc(N2C(=S)NC(c3ccccn3)C2c2cc(C)n(Cc3cccnc3)c2C)ccc1Br. The fourth-order valence-corrected chi connectivity index (χ4v) is 5.36. The standard InChI is InChI=1S/C27H26BrN5S/c1-17-13-21(9-10-23(17)28)33-26(25(31-27(33)34)24-8-4-5-12-30-24)22-14-18(2)32(19(22)3)16-20-7-6-11-29-15-20/h4-15,25-26H,16H2,1-3H3,(H,31,34). The summed E-state index contributed by atoms with van der Waals surface area (Å²) in [4.78, 5) is 11.2. The highest BCUT2D eigenvalue weighted by molar-refractivity contribution is 9.10. The van der Waals surface area contributed by atoms with Gasteiger partial charge in [0, 0.05) is 46.7 Å². The minimum atomic E-state index is -0.0648. The van der Waals surface area contributed by atoms with Crippen LogP contribution in [0.15, 0.2) is 77.7 Å². The van der Waals surface area contributed by atoms with Crippen LogP contribution in [0.2, 0.25) is 0 Å². The minimum Gasteiger partial charge on any atom is -0.351 e. The molecule has 1 aliphatic heterocycles. The molecule has 172 valence electrons. The van der Waals surface area contributed by atoms with Crippen molar-refractivity contribution in [2.75, 3.05) is 4.90 Å². The lowest BCUT2D eigenvalue weighted by Gasteiger charge is -2.28. The Bertz CT molecular complexity index is 1340. The second-order valence-corrected chi connectivity index (χ2v) is 9.95. The van der Waals surface area contributed by atoms with E-state index in [1.807, 2.05) is 36.8 Å². The number of halogens is 1. The van der Waals surface area contributed by atoms with Crippen LogP contribution in [-0.4, -0.2) is 19.6 Å². The number of thiocarbonyl (C=S) groups is 1. The van der Waals surface area contributed by atoms with Crippen LogP contribution < -0.4 is 10.2 Å². The van der Waals surface area contributed by atoms with Gasteiger partial charge in [0.05, 0.1) is 17.8 Å². The molecule has 0 radical (unpaired) electrons. The molecule has 0 amide bonds. The lowest BCUT2D eigenvalue weighted by atomic mass is 9.96. The molecule has 2 atom stereocenters. The van der Waals surface area contributed by atoms with E-state index in [0.29, 0.717) is 5.11 Å². The molecule has 4 heterocycles. The smallest absolute Gasteiger partial charge is 0.174 e. The van der Waals surface area contributed by atoms with Gasteiger partial charge >= 0.3 is 0 Å². The zero-order chi connectivity index (χ0) is 23.8. The fraction of sp³-hybridized carbons (Fsp3) is 0.222. The Balaban J connectivity index is 1.63. The predicted octanol–water partition coefficient (Wildman–Crippen LogP) is 6.19. The van der Waals surface area contributed by atoms with Crippen molar-refractivity contribution >= 4 is 38.9 Å². The summed E-state index contributed by atoms with van der Waals surface area (Å²) in [5.74, 6) is 0. The minimum absolute atomic E-state index is 0.0307. The van der Waals surface area contributed by atoms with E-state index < -0.39 is 0 Å². The first-order valence-electron chi connectivity index (χ1n) is 11.3. The van der Waals surface area contributed by atoms with Crippen molar-refractivity contribution in [2.24, 2.45) is 0 Å². The second kappa shape index (κ2) is 9.31. The molecule has 34 heavy (non-hydrogen) atoms. The summed E-state index contributed by atoms with van der Waals surface area (Å²) < 4.78 is 3.44. The van der Waals surface area contributed by atoms with Crippen LogP contribution in [0, 0.1) is 20.8 Å². The van der Waals surface area contributed by atoms with E-state index in [9.17, 15) is 0 Å². The number of nitrogens with zero attached hydrogens (tertiary/aromatic N) is 4. The molecule has 0 aliphatic carbocycles. The van der Waals surface area contributed by atoms with Crippen LogP contribution in [0.3, 0.4) is 0 Å². The first kappa shape index (κ1) is 22.7. The van der Waals surface area contributed by atoms with Gasteiger partial charge in [-0.25, -0.2) is 0 Å². The molecule has 0 spiro atoms. The largest absolute Gasteiger partial charge is 0.351 e. The van der Waals surface area contributed by atoms with Crippen molar-refractivity contribution in [1.29, 1.82) is 0 Å². The van der Waals surface area contributed by atoms with Crippen LogP contribution in [-0.2, 0) is 6.54 Å². The first-order valence-corrected chi connectivity index (χ1v) is 12.5. The molecular formula is C27H26BrN5S. The number of pyridine rings is 2. The van der Waals surface area contributed by atoms with Crippen LogP contribution in [0.5, 0.6) is 0 Å². The van der Waals surface area contributed by atoms with Gasteiger partial charge in [-0.05, 0) is 92.1 Å². The number of hydrogen-bond donors (Lipinski definition) is 1. The van der Waals surface area contributed by atoms with E-state index >= 15 is 0 Å². The quantitative estimate of drug-likeness (QED) is 0.311. The highest BCUT2D eigenvalue weighted by Crippen LogP contribution is 2.43. The summed E-state index contributed by atoms with van der Waals surface area (Å²) in [5, 5.41) is 4.28. The Morgan fingerprint density at radius 2 is 1.88 bits per heavy atom. The van der Waals surface area contributed by atoms with E-state index in [-0.39, 0.29) is 12.1 Å². The van der Waals surface area contributed by atoms with Gasteiger partial charge < -0.3 is 14.8 Å². The van der Waals surface area contributed by atoms with Gasteiger partial charge in [0.1, 0.15) is 0 Å². The Kier molecular flexibility index (Phi) is 6.23. The van der Waals surface area contributed by atoms with Gasteiger partial charge in [-0.3, -0.25) is 9.97 Å². The summed E-state index contributed by atoms with van der Waals surface area (Å²) >= 11 is 9.53. The van der Waals surface area contributed by atoms with Crippen molar-refractivity contribution in [3.63, 3.8) is 0 Å². The molecule has 1 fully saturated rings. The maximum absolute atomic E-state index is 5.90. The number of anilines is 1. The molecule has 5 nitrogen and oxygen atoms in total. The van der Waals surface area contributed by atoms with Gasteiger partial charge in [0.2, 0.25) is 0 Å². The lowest BCUT2D eigenvalue weighted by molar-refractivity contribution is 0.563. The normalized spacial score (nSPS) is 17.8. The average Bonchev–Trinajstić information content (AvgIpc) is 3.33. The van der Waals surface area contributed by atoms with Gasteiger partial charge in [0.15, 0.2) is 5.11 Å². The Hall–Kier alpha value is -3.03. The molecular weight excluding hydrogens is 506 g/mol. The van der Waals surface area contributed by atoms with Crippen LogP contribution >= 0.6 is 28.1 Å². The summed E-state index contributed by atoms with van der Waals surface area (Å²) in [6.07, 6.45) is 5.58. The zero-order valence-electron chi connectivity index (χ0n) is 19.4. The first-order chi connectivity index (χ1) is 16.4. The molecule has 7 heteroatoms. The zero-order valence-corrected chi connectivity index (χ0v) is 21.8. The number of aromatic nitrogens is 3. The third kappa shape index (κ3) is 4.14. The maximum atomic E-state index is 5.90. The van der Waals surface area contributed by atoms with Gasteiger partial charge in [-0.2, -0.15) is 0 Å². The van der Waals surface area contributed by atoms with E-state index in [1.54, 1.807) is 0 Å². The van der Waals surface area contributed by atoms with Crippen LogP contribution in [0.25, 0.3) is 0 Å². The number of rotatable bonds is 5. The molecule has 2 unspecified atom stereocenters. The van der Waals surface area contributed by atoms with Gasteiger partial charge in [-0.15, -0.1) is 0 Å². The van der Waals surface area contributed by atoms with Gasteiger partial charge in [0.25, 0.3) is 0 Å². The average molecular weight is 533 g/mol. The number of aryl methyl sites for hydroxylation is 2. The second-order valence-electron chi connectivity index (χ2n) is 8.70. The third-order valence-electron chi connectivity index (χ3n) is 6.51. The Morgan fingerprint density at radius 1 is 1.03 bits per heavy atom. The van der Waals surface area contributed by atoms with Crippen molar-refractivity contribution in [3.05, 3.63) is 111 Å². The molecule has 1 saturated heterocycles. The van der Waals surface area contributed by atoms with Crippen molar-refractivity contribution in [1.82, 2.24) is 19.9 Å². The Morgan fingerprint density at radius 3 is 2.59 bits per heavy atom. The molecule has 1 N–H and O–H groups in total. The fourth-order valence-electron chi connectivity index (χ4n) is 4.77. The number of benzene rings is 1. The topological polar surface area (TPSA) is 46.0 Å². The Labute approximate surface area is 214 Å². The van der Waals surface area contributed by atoms with Crippen molar-refractivity contribution < 1.29 is 0 Å². The summed E-state index contributed by atoms with van der Waals surface area (Å²) in [6, 6.07) is 18.7. The lowest BCUT2D eigenvalue weighted by Crippen LogP contribution is -2.29. The van der Waals surface area contributed by atoms with Crippen LogP contribution in [0.4, 0.5) is 5.69 Å². The van der Waals surface area contributed by atoms with Crippen molar-refractivity contribution in [2.45, 2.75) is 39.4 Å². The van der Waals surface area contributed by atoms with Crippen molar-refractivity contribution in [3.8, 4) is 0 Å². The molecule has 5 rings (SSSR count). The van der Waals surface area contributed by atoms with Crippen LogP contribution in [0.1, 0.15) is 45.9 Å². The highest BCUT2D eigenvalue weighted by atomic mass is 79.9. The monoisotopic (exact) mass is 531 g/mol. The third-order valence-corrected chi connectivity index (χ3v) is 7.72. The summed E-state index contributed by atoms with van der Waals surface area (Å²) in [5.41, 5.74) is 8.06. The molecule has 1 aromatic carbocycles. The predicted molar refractivity (Wildman–Crippen MR) is 144 cm³/mol. The summed E-state index contributed by atoms with van der Waals surface area (Å²) in [6.45, 7) is 7.24. The molecule has 0 saturated carbocycles. The molecule has 3 aromatic heterocycles. The number of hydrogen-bond acceptors (Lipinski definition) is 3.